The van der Waals surface area contributed by atoms with Gasteiger partial charge in [-0.05, 0) is 25.2 Å². The molecular weight excluding hydrogens is 336 g/mol. The van der Waals surface area contributed by atoms with Gasteiger partial charge in [-0.2, -0.15) is 0 Å². The number of ketones is 2. The maximum absolute atomic E-state index is 11.7. The number of nitrogens with two attached hydrogens (primary N) is 1. The van der Waals surface area contributed by atoms with Crippen LogP contribution in [-0.4, -0.2) is 52.0 Å². The normalized spacial score (nSPS) is 12.2. The quantitative estimate of drug-likeness (QED) is 0.217. The van der Waals surface area contributed by atoms with Crippen molar-refractivity contribution in [2.75, 3.05) is 13.2 Å². The Morgan fingerprint density at radius 3 is 1.88 bits per heavy atom. The lowest BCUT2D eigenvalue weighted by atomic mass is 10.0. The van der Waals surface area contributed by atoms with E-state index in [0.717, 1.165) is 38.5 Å². The molecule has 152 valence electrons. The Kier molecular flexibility index (Phi) is 14.1. The van der Waals surface area contributed by atoms with E-state index < -0.39 is 18.6 Å². The van der Waals surface area contributed by atoms with Crippen molar-refractivity contribution in [3.63, 3.8) is 0 Å². The number of rotatable bonds is 16. The van der Waals surface area contributed by atoms with Crippen LogP contribution in [0.1, 0.15) is 78.1 Å². The first-order chi connectivity index (χ1) is 12.3. The van der Waals surface area contributed by atoms with E-state index in [1.165, 1.54) is 0 Å². The number of aliphatic hydroxyl groups excluding tert-OH is 1. The summed E-state index contributed by atoms with van der Waals surface area (Å²) in [5, 5.41) is 18.6. The second kappa shape index (κ2) is 14.8. The van der Waals surface area contributed by atoms with Gasteiger partial charge in [0.25, 0.3) is 5.91 Å². The second-order valence-corrected chi connectivity index (χ2v) is 7.28. The molecule has 0 bridgehead atoms. The van der Waals surface area contributed by atoms with Gasteiger partial charge in [0.05, 0.1) is 13.2 Å². The number of unbranched alkanes of at least 4 members (excludes halogenated alkanes) is 3. The van der Waals surface area contributed by atoms with Crippen LogP contribution in [-0.2, 0) is 14.4 Å². The number of carbonyl (C=O) groups excluding carboxylic acids is 3. The highest BCUT2D eigenvalue weighted by molar-refractivity contribution is 5.82. The Bertz CT molecular complexity index is 426. The van der Waals surface area contributed by atoms with E-state index in [2.05, 4.69) is 13.8 Å². The number of aliphatic hydroxyl groups is 1. The minimum Gasteiger partial charge on any atom is -0.394 e. The van der Waals surface area contributed by atoms with Crippen molar-refractivity contribution in [3.8, 4) is 0 Å². The molecule has 0 aliphatic carbocycles. The van der Waals surface area contributed by atoms with Crippen molar-refractivity contribution in [3.05, 3.63) is 0 Å². The van der Waals surface area contributed by atoms with Crippen LogP contribution >= 0.6 is 0 Å². The van der Waals surface area contributed by atoms with Crippen molar-refractivity contribution in [1.29, 1.82) is 0 Å². The van der Waals surface area contributed by atoms with Crippen LogP contribution in [0.3, 0.4) is 0 Å². The Labute approximate surface area is 156 Å². The monoisotopic (exact) mass is 372 g/mol. The first kappa shape index (κ1) is 24.7. The molecule has 1 atom stereocenters. The summed E-state index contributed by atoms with van der Waals surface area (Å²) in [6, 6.07) is -1.16. The third-order valence-corrected chi connectivity index (χ3v) is 4.27. The lowest BCUT2D eigenvalue weighted by molar-refractivity contribution is -0.168. The summed E-state index contributed by atoms with van der Waals surface area (Å²) in [6.45, 7) is 3.65. The van der Waals surface area contributed by atoms with Gasteiger partial charge >= 0.3 is 0 Å². The minimum atomic E-state index is -1.16. The molecule has 0 heterocycles. The zero-order chi connectivity index (χ0) is 19.9. The maximum atomic E-state index is 11.7. The van der Waals surface area contributed by atoms with Crippen LogP contribution < -0.4 is 5.73 Å². The first-order valence-corrected chi connectivity index (χ1v) is 9.68. The maximum Gasteiger partial charge on any atom is 0.265 e. The van der Waals surface area contributed by atoms with Gasteiger partial charge in [-0.25, -0.2) is 5.06 Å². The molecule has 0 spiro atoms. The predicted octanol–water partition coefficient (Wildman–Crippen LogP) is 2.22. The Morgan fingerprint density at radius 2 is 1.38 bits per heavy atom. The Morgan fingerprint density at radius 1 is 0.885 bits per heavy atom. The topological polar surface area (TPSA) is 121 Å². The molecule has 4 N–H and O–H groups in total. The third kappa shape index (κ3) is 13.0. The number of amides is 1. The summed E-state index contributed by atoms with van der Waals surface area (Å²) in [4.78, 5) is 34.9. The number of nitrogens with zero attached hydrogens (tertiary/aromatic N) is 1. The van der Waals surface area contributed by atoms with E-state index in [4.69, 9.17) is 10.8 Å². The minimum absolute atomic E-state index is 0.0285. The second-order valence-electron chi connectivity index (χ2n) is 7.28. The molecule has 1 amide bonds. The lowest BCUT2D eigenvalue weighted by Crippen LogP contribution is -2.44. The molecule has 0 saturated heterocycles. The molecule has 0 aromatic rings. The van der Waals surface area contributed by atoms with Crippen molar-refractivity contribution < 1.29 is 24.7 Å². The van der Waals surface area contributed by atoms with E-state index in [1.807, 2.05) is 0 Å². The summed E-state index contributed by atoms with van der Waals surface area (Å²) in [5.41, 5.74) is 5.30. The van der Waals surface area contributed by atoms with Gasteiger partial charge in [0, 0.05) is 25.7 Å². The smallest absolute Gasteiger partial charge is 0.265 e. The molecule has 0 saturated carbocycles. The van der Waals surface area contributed by atoms with Crippen LogP contribution in [0.25, 0.3) is 0 Å². The summed E-state index contributed by atoms with van der Waals surface area (Å²) in [6.07, 6.45) is 7.26. The van der Waals surface area contributed by atoms with Gasteiger partial charge in [0.2, 0.25) is 0 Å². The summed E-state index contributed by atoms with van der Waals surface area (Å²) >= 11 is 0. The van der Waals surface area contributed by atoms with Crippen molar-refractivity contribution in [2.45, 2.75) is 84.1 Å². The SMILES string of the molecule is CC(C)CCCC(=O)CCCCCCC(=O)CCN(O)C(=O)[C@@H](N)CO. The average Bonchev–Trinajstić information content (AvgIpc) is 2.60. The molecule has 7 nitrogen and oxygen atoms in total. The molecule has 0 aliphatic rings. The molecule has 0 fully saturated rings. The molecule has 7 heteroatoms. The van der Waals surface area contributed by atoms with Crippen LogP contribution in [0.2, 0.25) is 0 Å². The number of hydrogen-bond donors (Lipinski definition) is 3. The van der Waals surface area contributed by atoms with Crippen LogP contribution in [0, 0.1) is 5.92 Å². The standard InChI is InChI=1S/C19H36N2O5/c1-15(2)8-7-11-16(23)9-5-3-4-6-10-17(24)12-13-21(26)19(25)18(20)14-22/h15,18,22,26H,3-14,20H2,1-2H3/t18-/m0/s1. The van der Waals surface area contributed by atoms with Crippen molar-refractivity contribution >= 4 is 17.5 Å². The van der Waals surface area contributed by atoms with Gasteiger partial charge < -0.3 is 10.8 Å². The van der Waals surface area contributed by atoms with Crippen LogP contribution in [0.4, 0.5) is 0 Å². The lowest BCUT2D eigenvalue weighted by Gasteiger charge is -2.17. The largest absolute Gasteiger partial charge is 0.394 e. The van der Waals surface area contributed by atoms with Gasteiger partial charge in [0.15, 0.2) is 0 Å². The average molecular weight is 373 g/mol. The highest BCUT2D eigenvalue weighted by atomic mass is 16.5. The molecule has 0 radical (unpaired) electrons. The summed E-state index contributed by atoms with van der Waals surface area (Å²) in [7, 11) is 0. The molecule has 26 heavy (non-hydrogen) atoms. The van der Waals surface area contributed by atoms with E-state index >= 15 is 0 Å². The van der Waals surface area contributed by atoms with Gasteiger partial charge in [-0.1, -0.05) is 33.1 Å². The number of hydrogen-bond acceptors (Lipinski definition) is 6. The molecule has 0 aromatic carbocycles. The first-order valence-electron chi connectivity index (χ1n) is 9.68. The molecule has 0 rings (SSSR count). The van der Waals surface area contributed by atoms with Crippen molar-refractivity contribution in [2.24, 2.45) is 11.7 Å². The van der Waals surface area contributed by atoms with E-state index in [-0.39, 0.29) is 18.7 Å². The Hall–Kier alpha value is -1.31. The fourth-order valence-electron chi connectivity index (χ4n) is 2.57. The Balaban J connectivity index is 3.62. The van der Waals surface area contributed by atoms with E-state index in [1.54, 1.807) is 0 Å². The van der Waals surface area contributed by atoms with Crippen molar-refractivity contribution in [1.82, 2.24) is 5.06 Å². The summed E-state index contributed by atoms with van der Waals surface area (Å²) in [5.74, 6) is 0.149. The van der Waals surface area contributed by atoms with E-state index in [0.29, 0.717) is 36.0 Å². The summed E-state index contributed by atoms with van der Waals surface area (Å²) < 4.78 is 0. The van der Waals surface area contributed by atoms with Gasteiger partial charge in [-0.15, -0.1) is 0 Å². The highest BCUT2D eigenvalue weighted by Crippen LogP contribution is 2.11. The van der Waals surface area contributed by atoms with Gasteiger partial charge in [0.1, 0.15) is 17.6 Å². The number of hydroxylamine groups is 2. The molecular formula is C19H36N2O5. The third-order valence-electron chi connectivity index (χ3n) is 4.27. The highest BCUT2D eigenvalue weighted by Gasteiger charge is 2.19. The molecule has 0 aliphatic heterocycles. The number of Topliss-reactive ketones (excluding diaryl/α,β-unsaturated/α-hetero) is 2. The fourth-order valence-corrected chi connectivity index (χ4v) is 2.57. The van der Waals surface area contributed by atoms with Crippen LogP contribution in [0.15, 0.2) is 0 Å². The van der Waals surface area contributed by atoms with Crippen LogP contribution in [0.5, 0.6) is 0 Å². The molecule has 0 unspecified atom stereocenters. The number of carbonyl (C=O) groups is 3. The zero-order valence-corrected chi connectivity index (χ0v) is 16.3. The zero-order valence-electron chi connectivity index (χ0n) is 16.3. The molecule has 0 aromatic heterocycles. The predicted molar refractivity (Wildman–Crippen MR) is 99.6 cm³/mol. The fraction of sp³-hybridized carbons (Fsp3) is 0.842. The van der Waals surface area contributed by atoms with E-state index in [9.17, 15) is 19.6 Å². The van der Waals surface area contributed by atoms with Gasteiger partial charge in [-0.3, -0.25) is 19.6 Å².